The number of carbonyl (C=O) groups excluding carboxylic acids is 2. The van der Waals surface area contributed by atoms with E-state index in [1.165, 1.54) is 4.90 Å². The topological polar surface area (TPSA) is 76.3 Å². The first-order chi connectivity index (χ1) is 8.16. The predicted molar refractivity (Wildman–Crippen MR) is 61.9 cm³/mol. The number of hydrogen-bond acceptors (Lipinski definition) is 4. The second-order valence-corrected chi connectivity index (χ2v) is 4.22. The molecule has 2 amide bonds. The third-order valence-corrected chi connectivity index (χ3v) is 2.83. The molecule has 0 aliphatic carbocycles. The zero-order valence-electron chi connectivity index (χ0n) is 9.50. The lowest BCUT2D eigenvalue weighted by molar-refractivity contribution is -0.141. The van der Waals surface area contributed by atoms with Crippen molar-refractivity contribution < 1.29 is 9.59 Å². The first kappa shape index (κ1) is 11.7. The van der Waals surface area contributed by atoms with Gasteiger partial charge >= 0.3 is 0 Å². The van der Waals surface area contributed by atoms with Crippen LogP contribution in [0, 0.1) is 0 Å². The van der Waals surface area contributed by atoms with E-state index in [1.807, 2.05) is 12.1 Å². The number of aromatic nitrogens is 1. The van der Waals surface area contributed by atoms with Gasteiger partial charge in [-0.25, -0.2) is 0 Å². The Hall–Kier alpha value is -1.75. The van der Waals surface area contributed by atoms with Crippen LogP contribution in [0.15, 0.2) is 24.5 Å². The van der Waals surface area contributed by atoms with Gasteiger partial charge in [-0.15, -0.1) is 0 Å². The van der Waals surface area contributed by atoms with Crippen LogP contribution >= 0.6 is 0 Å². The van der Waals surface area contributed by atoms with Crippen LogP contribution in [-0.4, -0.2) is 34.3 Å². The van der Waals surface area contributed by atoms with E-state index in [9.17, 15) is 9.59 Å². The third-order valence-electron chi connectivity index (χ3n) is 2.83. The van der Waals surface area contributed by atoms with Crippen molar-refractivity contribution in [2.24, 2.45) is 5.73 Å². The second-order valence-electron chi connectivity index (χ2n) is 4.22. The van der Waals surface area contributed by atoms with Crippen LogP contribution in [0.4, 0.5) is 0 Å². The molecule has 1 unspecified atom stereocenters. The number of hydrogen-bond donors (Lipinski definition) is 1. The monoisotopic (exact) mass is 233 g/mol. The molecule has 1 fully saturated rings. The van der Waals surface area contributed by atoms with Gasteiger partial charge in [0.2, 0.25) is 11.8 Å². The lowest BCUT2D eigenvalue weighted by Crippen LogP contribution is -2.34. The highest BCUT2D eigenvalue weighted by atomic mass is 16.2. The molecule has 0 spiro atoms. The van der Waals surface area contributed by atoms with Gasteiger partial charge in [0, 0.05) is 37.8 Å². The second kappa shape index (κ2) is 5.05. The predicted octanol–water partition coefficient (Wildman–Crippen LogP) is 0.100. The van der Waals surface area contributed by atoms with Crippen LogP contribution < -0.4 is 5.73 Å². The molecule has 2 N–H and O–H groups in total. The number of rotatable bonds is 3. The quantitative estimate of drug-likeness (QED) is 0.803. The van der Waals surface area contributed by atoms with E-state index in [2.05, 4.69) is 4.98 Å². The molecular weight excluding hydrogens is 218 g/mol. The molecule has 0 radical (unpaired) electrons. The van der Waals surface area contributed by atoms with Crippen molar-refractivity contribution in [1.29, 1.82) is 0 Å². The molecular formula is C12H15N3O2. The highest BCUT2D eigenvalue weighted by Gasteiger charge is 2.31. The van der Waals surface area contributed by atoms with Crippen molar-refractivity contribution >= 4 is 11.8 Å². The highest BCUT2D eigenvalue weighted by Crippen LogP contribution is 2.12. The van der Waals surface area contributed by atoms with Gasteiger partial charge in [0.25, 0.3) is 0 Å². The summed E-state index contributed by atoms with van der Waals surface area (Å²) < 4.78 is 0. The summed E-state index contributed by atoms with van der Waals surface area (Å²) in [5.41, 5.74) is 6.68. The van der Waals surface area contributed by atoms with E-state index in [0.717, 1.165) is 5.56 Å². The number of carbonyl (C=O) groups is 2. The average molecular weight is 233 g/mol. The number of likely N-dealkylation sites (tertiary alicyclic amines) is 1. The minimum Gasteiger partial charge on any atom is -0.326 e. The van der Waals surface area contributed by atoms with Gasteiger partial charge in [-0.1, -0.05) is 0 Å². The van der Waals surface area contributed by atoms with Crippen molar-refractivity contribution in [3.05, 3.63) is 30.1 Å². The molecule has 2 rings (SSSR count). The van der Waals surface area contributed by atoms with E-state index >= 15 is 0 Å². The number of amides is 2. The van der Waals surface area contributed by atoms with Crippen molar-refractivity contribution in [1.82, 2.24) is 9.88 Å². The molecule has 1 aromatic rings. The van der Waals surface area contributed by atoms with E-state index in [4.69, 9.17) is 5.73 Å². The van der Waals surface area contributed by atoms with Crippen molar-refractivity contribution in [3.8, 4) is 0 Å². The number of imide groups is 1. The zero-order valence-corrected chi connectivity index (χ0v) is 9.50. The number of nitrogens with zero attached hydrogens (tertiary/aromatic N) is 2. The molecule has 0 aromatic carbocycles. The fraction of sp³-hybridized carbons (Fsp3) is 0.417. The summed E-state index contributed by atoms with van der Waals surface area (Å²) in [6, 6.07) is 3.53. The molecule has 90 valence electrons. The summed E-state index contributed by atoms with van der Waals surface area (Å²) >= 11 is 0. The van der Waals surface area contributed by atoms with Gasteiger partial charge in [-0.3, -0.25) is 19.5 Å². The lowest BCUT2D eigenvalue weighted by atomic mass is 10.1. The normalized spacial score (nSPS) is 19.7. The van der Waals surface area contributed by atoms with Crippen LogP contribution in [0.5, 0.6) is 0 Å². The van der Waals surface area contributed by atoms with Gasteiger partial charge in [-0.2, -0.15) is 0 Å². The molecule has 0 saturated carbocycles. The minimum absolute atomic E-state index is 0.139. The zero-order chi connectivity index (χ0) is 12.3. The van der Waals surface area contributed by atoms with Crippen molar-refractivity contribution in [3.63, 3.8) is 0 Å². The Morgan fingerprint density at radius 3 is 2.76 bits per heavy atom. The largest absolute Gasteiger partial charge is 0.326 e. The summed E-state index contributed by atoms with van der Waals surface area (Å²) in [4.78, 5) is 28.4. The first-order valence-electron chi connectivity index (χ1n) is 5.64. The third kappa shape index (κ3) is 2.88. The fourth-order valence-corrected chi connectivity index (χ4v) is 1.91. The van der Waals surface area contributed by atoms with Gasteiger partial charge in [-0.05, 0) is 24.1 Å². The summed E-state index contributed by atoms with van der Waals surface area (Å²) in [7, 11) is 0. The lowest BCUT2D eigenvalue weighted by Gasteiger charge is -2.13. The average Bonchev–Trinajstić information content (AvgIpc) is 2.67. The Bertz CT molecular complexity index is 419. The molecule has 1 saturated heterocycles. The maximum atomic E-state index is 11.8. The maximum absolute atomic E-state index is 11.8. The number of nitrogens with two attached hydrogens (primary N) is 1. The van der Waals surface area contributed by atoms with Gasteiger partial charge < -0.3 is 5.73 Å². The smallest absolute Gasteiger partial charge is 0.230 e. The molecule has 1 aliphatic rings. The van der Waals surface area contributed by atoms with Gasteiger partial charge in [0.15, 0.2) is 0 Å². The summed E-state index contributed by atoms with van der Waals surface area (Å²) in [6.45, 7) is 0.355. The summed E-state index contributed by atoms with van der Waals surface area (Å²) in [5, 5.41) is 0. The molecule has 5 nitrogen and oxygen atoms in total. The van der Waals surface area contributed by atoms with E-state index < -0.39 is 0 Å². The van der Waals surface area contributed by atoms with Gasteiger partial charge in [0.05, 0.1) is 0 Å². The number of pyridine rings is 1. The Kier molecular flexibility index (Phi) is 3.49. The Morgan fingerprint density at radius 1 is 1.47 bits per heavy atom. The molecule has 0 bridgehead atoms. The van der Waals surface area contributed by atoms with Gasteiger partial charge in [0.1, 0.15) is 0 Å². The minimum atomic E-state index is -0.202. The number of aryl methyl sites for hydroxylation is 1. The SMILES string of the molecule is NC1CC(=O)N(C(=O)CCc2ccncc2)C1. The molecule has 1 aliphatic heterocycles. The molecule has 5 heteroatoms. The Morgan fingerprint density at radius 2 is 2.18 bits per heavy atom. The summed E-state index contributed by atoms with van der Waals surface area (Å²) in [6.07, 6.45) is 4.62. The van der Waals surface area contributed by atoms with Crippen LogP contribution in [0.25, 0.3) is 0 Å². The Balaban J connectivity index is 1.88. The Labute approximate surface area is 99.6 Å². The molecule has 17 heavy (non-hydrogen) atoms. The van der Waals surface area contributed by atoms with E-state index in [-0.39, 0.29) is 24.3 Å². The van der Waals surface area contributed by atoms with Crippen LogP contribution in [0.2, 0.25) is 0 Å². The van der Waals surface area contributed by atoms with Crippen LogP contribution in [0.1, 0.15) is 18.4 Å². The summed E-state index contributed by atoms with van der Waals surface area (Å²) in [5.74, 6) is -0.294. The highest BCUT2D eigenvalue weighted by molar-refractivity contribution is 5.97. The molecule has 2 heterocycles. The molecule has 1 aromatic heterocycles. The fourth-order valence-electron chi connectivity index (χ4n) is 1.91. The van der Waals surface area contributed by atoms with Crippen molar-refractivity contribution in [2.75, 3.05) is 6.54 Å². The van der Waals surface area contributed by atoms with Crippen LogP contribution in [0.3, 0.4) is 0 Å². The maximum Gasteiger partial charge on any atom is 0.230 e. The van der Waals surface area contributed by atoms with Crippen LogP contribution in [-0.2, 0) is 16.0 Å². The standard InChI is InChI=1S/C12H15N3O2/c13-10-7-12(17)15(8-10)11(16)2-1-9-3-5-14-6-4-9/h3-6,10H,1-2,7-8,13H2. The molecule has 1 atom stereocenters. The first-order valence-corrected chi connectivity index (χ1v) is 5.64. The van der Waals surface area contributed by atoms with E-state index in [1.54, 1.807) is 12.4 Å². The van der Waals surface area contributed by atoms with Crippen molar-refractivity contribution in [2.45, 2.75) is 25.3 Å². The van der Waals surface area contributed by atoms with E-state index in [0.29, 0.717) is 19.4 Å².